The molecule has 4 bridgehead atoms. The number of hydrogen-bond acceptors (Lipinski definition) is 14. The first kappa shape index (κ1) is 63.5. The molecule has 3 N–H and O–H groups in total. The van der Waals surface area contributed by atoms with Crippen molar-refractivity contribution in [2.45, 2.75) is 153 Å². The highest BCUT2D eigenvalue weighted by molar-refractivity contribution is 7.44. The number of nitrogens with one attached hydrogen (secondary N) is 3. The average Bonchev–Trinajstić information content (AvgIpc) is 0.825. The van der Waals surface area contributed by atoms with Gasteiger partial charge in [-0.15, -0.1) is 0 Å². The van der Waals surface area contributed by atoms with E-state index in [1.807, 2.05) is 119 Å². The molecular weight excluding hydrogens is 1110 g/mol. The van der Waals surface area contributed by atoms with E-state index in [4.69, 9.17) is 28.0 Å². The fourth-order valence-electron chi connectivity index (χ4n) is 14.4. The third kappa shape index (κ3) is 14.8. The zero-order chi connectivity index (χ0) is 61.0. The van der Waals surface area contributed by atoms with Crippen LogP contribution in [0.3, 0.4) is 0 Å². The summed E-state index contributed by atoms with van der Waals surface area (Å²) in [7, 11) is 1.41. The number of rotatable bonds is 30. The number of nitrogens with zero attached hydrogens (tertiary/aromatic N) is 4. The van der Waals surface area contributed by atoms with Crippen LogP contribution in [0.15, 0.2) is 125 Å². The first-order valence-corrected chi connectivity index (χ1v) is 31.3. The summed E-state index contributed by atoms with van der Waals surface area (Å²) in [6.45, 7) is 9.20. The van der Waals surface area contributed by atoms with Crippen LogP contribution in [-0.4, -0.2) is 95.8 Å². The number of unbranched alkanes of at least 4 members (excludes halogenated alkanes) is 3. The molecule has 2 heterocycles. The lowest BCUT2D eigenvalue weighted by molar-refractivity contribution is -0.384. The molecule has 1 aromatic heterocycles. The van der Waals surface area contributed by atoms with Crippen molar-refractivity contribution < 1.29 is 42.5 Å². The highest BCUT2D eigenvalue weighted by Gasteiger charge is 2.58. The highest BCUT2D eigenvalue weighted by Crippen LogP contribution is 2.67. The summed E-state index contributed by atoms with van der Waals surface area (Å²) in [5, 5.41) is 27.0. The van der Waals surface area contributed by atoms with Gasteiger partial charge < -0.3 is 38.6 Å². The number of ether oxygens (including phenoxy) is 4. The minimum Gasteiger partial charge on any atom is -0.497 e. The number of benzene rings is 4. The summed E-state index contributed by atoms with van der Waals surface area (Å²) < 4.78 is 42.3. The van der Waals surface area contributed by atoms with E-state index in [-0.39, 0.29) is 71.2 Å². The van der Waals surface area contributed by atoms with Crippen molar-refractivity contribution in [3.05, 3.63) is 174 Å². The minimum atomic E-state index is -1.81. The van der Waals surface area contributed by atoms with Crippen LogP contribution >= 0.6 is 8.53 Å². The fraction of sp³-hybridized carbons (Fsp3) is 0.500. The first-order chi connectivity index (χ1) is 41.5. The van der Waals surface area contributed by atoms with Crippen LogP contribution in [0.1, 0.15) is 145 Å². The van der Waals surface area contributed by atoms with Crippen LogP contribution in [0.2, 0.25) is 0 Å². The first-order valence-electron chi connectivity index (χ1n) is 30.2. The zero-order valence-corrected chi connectivity index (χ0v) is 51.1. The van der Waals surface area contributed by atoms with Gasteiger partial charge in [0.25, 0.3) is 19.8 Å². The molecule has 5 fully saturated rings. The quantitative estimate of drug-likeness (QED) is 0.00968. The topological polar surface area (TPSA) is 239 Å². The van der Waals surface area contributed by atoms with E-state index in [2.05, 4.69) is 26.4 Å². The van der Waals surface area contributed by atoms with Crippen molar-refractivity contribution in [2.24, 2.45) is 17.3 Å². The van der Waals surface area contributed by atoms with E-state index in [0.29, 0.717) is 49.3 Å². The van der Waals surface area contributed by atoms with Crippen molar-refractivity contribution in [1.82, 2.24) is 24.9 Å². The van der Waals surface area contributed by atoms with E-state index in [0.717, 1.165) is 68.1 Å². The second-order valence-corrected chi connectivity index (χ2v) is 25.6. The van der Waals surface area contributed by atoms with Crippen LogP contribution in [0.5, 0.6) is 11.5 Å². The number of carbonyl (C=O) groups is 2. The van der Waals surface area contributed by atoms with Gasteiger partial charge >= 0.3 is 5.69 Å². The molecule has 5 aromatic rings. The van der Waals surface area contributed by atoms with Gasteiger partial charge in [-0.25, -0.2) is 9.46 Å². The Bertz CT molecular complexity index is 3220. The second kappa shape index (κ2) is 28.6. The number of methoxy groups -OCH3 is 2. The Balaban J connectivity index is 0.856. The molecule has 19 nitrogen and oxygen atoms in total. The molecule has 2 amide bonds. The predicted molar refractivity (Wildman–Crippen MR) is 328 cm³/mol. The standard InChI is InChI=1S/C66H82N7O12P/c1-45(2)72(46(3)4)86(83-34-14-31-67)85-57-37-62(84-58(57)43-82-66(50-15-10-9-11-16-50,51-19-26-55(80-5)27-20-51)52-21-28-56(81-6)29-22-52)71-54(36-60(75)70-63(71)77)25-30-59(74)68-32-12-7-8-13-33-69-61(76)42-64-38-47-35-48(39-64)41-65(40-47,44-64)49-17-23-53(24-18-49)73(78)79/h9-11,15-30,36,45-48,57-58,62H,7-8,12-14,32-35,37-44H2,1-6H3,(H,68,74)(H,69,76)(H,70,75,77)/b30-25+/t47-,48+,57-,58+,62+,64?,65?,86?/m0/s1. The molecule has 0 radical (unpaired) electrons. The highest BCUT2D eigenvalue weighted by atomic mass is 31.2. The molecule has 10 rings (SSSR count). The number of nitriles is 1. The Kier molecular flexibility index (Phi) is 21.1. The smallest absolute Gasteiger partial charge is 0.330 e. The Hall–Kier alpha value is -7.04. The third-order valence-corrected chi connectivity index (χ3v) is 19.7. The predicted octanol–water partition coefficient (Wildman–Crippen LogP) is 11.2. The van der Waals surface area contributed by atoms with Gasteiger partial charge in [0.1, 0.15) is 29.4 Å². The Labute approximate surface area is 504 Å². The van der Waals surface area contributed by atoms with E-state index >= 15 is 0 Å². The number of aromatic nitrogens is 2. The second-order valence-electron chi connectivity index (χ2n) is 24.2. The molecule has 20 heteroatoms. The summed E-state index contributed by atoms with van der Waals surface area (Å²) in [6, 6.07) is 35.7. The van der Waals surface area contributed by atoms with Crippen LogP contribution in [0, 0.1) is 38.7 Å². The maximum absolute atomic E-state index is 14.1. The fourth-order valence-corrected chi connectivity index (χ4v) is 16.1. The van der Waals surface area contributed by atoms with Crippen molar-refractivity contribution >= 4 is 32.1 Å². The minimum absolute atomic E-state index is 0.0204. The Morgan fingerprint density at radius 1 is 0.849 bits per heavy atom. The summed E-state index contributed by atoms with van der Waals surface area (Å²) in [5.41, 5.74) is 1.12. The molecule has 4 aromatic carbocycles. The summed E-state index contributed by atoms with van der Waals surface area (Å²) in [4.78, 5) is 67.3. The number of nitro benzene ring substituents is 1. The van der Waals surface area contributed by atoms with Gasteiger partial charge in [-0.05, 0) is 154 Å². The van der Waals surface area contributed by atoms with Gasteiger partial charge in [0.2, 0.25) is 11.8 Å². The van der Waals surface area contributed by atoms with Gasteiger partial charge in [-0.3, -0.25) is 34.0 Å². The zero-order valence-electron chi connectivity index (χ0n) is 50.2. The van der Waals surface area contributed by atoms with Gasteiger partial charge in [-0.1, -0.05) is 79.6 Å². The van der Waals surface area contributed by atoms with Crippen molar-refractivity contribution in [3.63, 3.8) is 0 Å². The van der Waals surface area contributed by atoms with Crippen LogP contribution in [0.4, 0.5) is 5.69 Å². The Morgan fingerprint density at radius 3 is 2.03 bits per heavy atom. The van der Waals surface area contributed by atoms with E-state index < -0.39 is 49.7 Å². The van der Waals surface area contributed by atoms with Gasteiger partial charge in [0, 0.05) is 62.3 Å². The van der Waals surface area contributed by atoms with Crippen molar-refractivity contribution in [1.29, 1.82) is 5.26 Å². The molecule has 458 valence electrons. The largest absolute Gasteiger partial charge is 0.497 e. The molecule has 4 aliphatic carbocycles. The molecule has 4 saturated carbocycles. The van der Waals surface area contributed by atoms with Crippen LogP contribution in [0.25, 0.3) is 6.08 Å². The lowest BCUT2D eigenvalue weighted by atomic mass is 9.42. The SMILES string of the molecule is COc1ccc(C(OC[C@H]2O[C@@H](n3c(/C=C/C(=O)NCCCCCCNC(=O)CC45C[C@H]6C[C@@H](C4)CC(c4ccc([N+](=O)[O-])cc4)(C6)C5)cc(=O)[nH]c3=O)C[C@@H]2OP(OCCC#N)N(C(C)C)C(C)C)(c2ccccc2)c2ccc(OC)cc2)cc1. The number of nitro groups is 1. The monoisotopic (exact) mass is 1200 g/mol. The molecule has 1 saturated heterocycles. The number of aromatic amines is 1. The normalized spacial score (nSPS) is 22.8. The summed E-state index contributed by atoms with van der Waals surface area (Å²) >= 11 is 0. The number of carbonyl (C=O) groups excluding carboxylic acids is 2. The maximum atomic E-state index is 14.1. The lowest BCUT2D eigenvalue weighted by Gasteiger charge is -2.62. The van der Waals surface area contributed by atoms with Crippen LogP contribution in [-0.2, 0) is 39.1 Å². The van der Waals surface area contributed by atoms with E-state index in [1.165, 1.54) is 34.8 Å². The molecule has 3 unspecified atom stereocenters. The number of amides is 2. The van der Waals surface area contributed by atoms with Crippen molar-refractivity contribution in [2.75, 3.05) is 40.5 Å². The van der Waals surface area contributed by atoms with Gasteiger partial charge in [-0.2, -0.15) is 5.26 Å². The molecule has 5 aliphatic rings. The lowest BCUT2D eigenvalue weighted by Crippen LogP contribution is -2.55. The number of hydrogen-bond donors (Lipinski definition) is 3. The van der Waals surface area contributed by atoms with Gasteiger partial charge in [0.15, 0.2) is 0 Å². The van der Waals surface area contributed by atoms with Gasteiger partial charge in [0.05, 0.1) is 56.6 Å². The molecule has 0 spiro atoms. The third-order valence-electron chi connectivity index (χ3n) is 17.5. The molecule has 1 aliphatic heterocycles. The maximum Gasteiger partial charge on any atom is 0.330 e. The van der Waals surface area contributed by atoms with Crippen molar-refractivity contribution in [3.8, 4) is 17.6 Å². The average molecular weight is 1200 g/mol. The van der Waals surface area contributed by atoms with E-state index in [9.17, 15) is 34.6 Å². The number of non-ortho nitro benzene ring substituents is 1. The summed E-state index contributed by atoms with van der Waals surface area (Å²) in [6.07, 6.45) is 10.5. The van der Waals surface area contributed by atoms with E-state index in [1.54, 1.807) is 26.4 Å². The Morgan fingerprint density at radius 2 is 1.45 bits per heavy atom. The molecule has 86 heavy (non-hydrogen) atoms. The molecular formula is C66H82N7O12P. The number of H-pyrrole nitrogens is 1. The van der Waals surface area contributed by atoms with Crippen LogP contribution < -0.4 is 31.4 Å². The molecule has 8 atom stereocenters. The summed E-state index contributed by atoms with van der Waals surface area (Å²) in [5.74, 6) is 2.14.